The molecular formula is C11H20N4O5. The molecule has 0 spiro atoms. The molecule has 0 aromatic heterocycles. The third-order valence-corrected chi connectivity index (χ3v) is 2.88. The summed E-state index contributed by atoms with van der Waals surface area (Å²) in [6.45, 7) is 2.44. The number of ether oxygens (including phenoxy) is 1. The molecule has 0 aromatic rings. The maximum atomic E-state index is 11.7. The number of rotatable bonds is 6. The summed E-state index contributed by atoms with van der Waals surface area (Å²) in [7, 11) is 1.24. The van der Waals surface area contributed by atoms with E-state index in [0.717, 1.165) is 13.1 Å². The summed E-state index contributed by atoms with van der Waals surface area (Å²) >= 11 is 0. The number of carbonyl (C=O) groups excluding carboxylic acids is 2. The van der Waals surface area contributed by atoms with E-state index in [1.54, 1.807) is 4.90 Å². The zero-order chi connectivity index (χ0) is 15.0. The molecule has 1 aliphatic heterocycles. The number of methoxy groups -OCH3 is 1. The quantitative estimate of drug-likeness (QED) is 0.441. The first kappa shape index (κ1) is 16.2. The molecule has 20 heavy (non-hydrogen) atoms. The van der Waals surface area contributed by atoms with Gasteiger partial charge in [0, 0.05) is 33.3 Å². The van der Waals surface area contributed by atoms with Gasteiger partial charge in [0.15, 0.2) is 6.10 Å². The summed E-state index contributed by atoms with van der Waals surface area (Å²) in [4.78, 5) is 35.5. The van der Waals surface area contributed by atoms with Crippen LogP contribution >= 0.6 is 0 Å². The van der Waals surface area contributed by atoms with Crippen LogP contribution < -0.4 is 16.0 Å². The second kappa shape index (κ2) is 8.33. The molecule has 9 nitrogen and oxygen atoms in total. The highest BCUT2D eigenvalue weighted by molar-refractivity contribution is 5.84. The Labute approximate surface area is 116 Å². The predicted molar refractivity (Wildman–Crippen MR) is 69.3 cm³/mol. The molecule has 1 saturated heterocycles. The van der Waals surface area contributed by atoms with Crippen LogP contribution in [0.3, 0.4) is 0 Å². The van der Waals surface area contributed by atoms with Crippen molar-refractivity contribution in [2.24, 2.45) is 0 Å². The van der Waals surface area contributed by atoms with E-state index in [0.29, 0.717) is 13.1 Å². The average Bonchev–Trinajstić information content (AvgIpc) is 2.46. The minimum Gasteiger partial charge on any atom is -0.479 e. The second-order valence-electron chi connectivity index (χ2n) is 4.26. The van der Waals surface area contributed by atoms with E-state index in [9.17, 15) is 14.4 Å². The molecule has 0 radical (unpaired) electrons. The molecule has 114 valence electrons. The van der Waals surface area contributed by atoms with Crippen LogP contribution in [0, 0.1) is 0 Å². The molecule has 0 aromatic carbocycles. The lowest BCUT2D eigenvalue weighted by Crippen LogP contribution is -2.51. The number of carboxylic acids is 1. The van der Waals surface area contributed by atoms with Crippen LogP contribution in [0.25, 0.3) is 0 Å². The molecule has 3 amide bonds. The number of hydrogen-bond acceptors (Lipinski definition) is 5. The molecule has 1 heterocycles. The Morgan fingerprint density at radius 3 is 2.50 bits per heavy atom. The van der Waals surface area contributed by atoms with Crippen molar-refractivity contribution >= 4 is 17.9 Å². The second-order valence-corrected chi connectivity index (χ2v) is 4.26. The molecule has 9 heteroatoms. The molecule has 1 rings (SSSR count). The van der Waals surface area contributed by atoms with Gasteiger partial charge >= 0.3 is 12.0 Å². The van der Waals surface area contributed by atoms with Crippen LogP contribution in [0.15, 0.2) is 0 Å². The van der Waals surface area contributed by atoms with Gasteiger partial charge in [0.2, 0.25) is 5.91 Å². The van der Waals surface area contributed by atoms with Gasteiger partial charge in [-0.3, -0.25) is 4.79 Å². The van der Waals surface area contributed by atoms with Crippen LogP contribution in [0.1, 0.15) is 0 Å². The van der Waals surface area contributed by atoms with Crippen LogP contribution in [0.5, 0.6) is 0 Å². The third-order valence-electron chi connectivity index (χ3n) is 2.88. The van der Waals surface area contributed by atoms with Crippen LogP contribution in [-0.2, 0) is 14.3 Å². The summed E-state index contributed by atoms with van der Waals surface area (Å²) in [5.41, 5.74) is 0. The van der Waals surface area contributed by atoms with Crippen molar-refractivity contribution in [3.05, 3.63) is 0 Å². The fourth-order valence-corrected chi connectivity index (χ4v) is 1.70. The fourth-order valence-electron chi connectivity index (χ4n) is 1.70. The fraction of sp³-hybridized carbons (Fsp3) is 0.727. The van der Waals surface area contributed by atoms with Crippen LogP contribution in [0.4, 0.5) is 4.79 Å². The van der Waals surface area contributed by atoms with Crippen molar-refractivity contribution in [3.8, 4) is 0 Å². The Kier molecular flexibility index (Phi) is 6.74. The first-order chi connectivity index (χ1) is 9.54. The predicted octanol–water partition coefficient (Wildman–Crippen LogP) is -2.18. The number of nitrogens with one attached hydrogen (secondary N) is 3. The Hall–Kier alpha value is -1.87. The molecular weight excluding hydrogens is 268 g/mol. The van der Waals surface area contributed by atoms with Gasteiger partial charge in [0.1, 0.15) is 0 Å². The van der Waals surface area contributed by atoms with Gasteiger partial charge < -0.3 is 30.7 Å². The molecule has 1 aliphatic rings. The summed E-state index contributed by atoms with van der Waals surface area (Å²) < 4.78 is 4.66. The molecule has 0 aliphatic carbocycles. The lowest BCUT2D eigenvalue weighted by molar-refractivity contribution is -0.148. The zero-order valence-corrected chi connectivity index (χ0v) is 11.3. The average molecular weight is 288 g/mol. The van der Waals surface area contributed by atoms with Crippen molar-refractivity contribution in [3.63, 3.8) is 0 Å². The van der Waals surface area contributed by atoms with Crippen molar-refractivity contribution in [2.75, 3.05) is 46.4 Å². The molecule has 1 unspecified atom stereocenters. The number of carbonyl (C=O) groups is 3. The Bertz CT molecular complexity index is 357. The highest BCUT2D eigenvalue weighted by atomic mass is 16.5. The van der Waals surface area contributed by atoms with Gasteiger partial charge in [0.25, 0.3) is 0 Å². The lowest BCUT2D eigenvalue weighted by Gasteiger charge is -2.27. The Morgan fingerprint density at radius 2 is 1.95 bits per heavy atom. The molecule has 1 fully saturated rings. The van der Waals surface area contributed by atoms with E-state index < -0.39 is 18.1 Å². The van der Waals surface area contributed by atoms with E-state index in [1.165, 1.54) is 7.11 Å². The lowest BCUT2D eigenvalue weighted by atomic mass is 10.3. The first-order valence-corrected chi connectivity index (χ1v) is 6.30. The number of piperazine rings is 1. The summed E-state index contributed by atoms with van der Waals surface area (Å²) in [5, 5.41) is 16.6. The van der Waals surface area contributed by atoms with E-state index in [4.69, 9.17) is 5.11 Å². The van der Waals surface area contributed by atoms with E-state index in [-0.39, 0.29) is 19.0 Å². The van der Waals surface area contributed by atoms with Crippen LogP contribution in [0.2, 0.25) is 0 Å². The number of amides is 3. The summed E-state index contributed by atoms with van der Waals surface area (Å²) in [5.74, 6) is -1.33. The molecule has 1 atom stereocenters. The van der Waals surface area contributed by atoms with E-state index >= 15 is 0 Å². The topological polar surface area (TPSA) is 120 Å². The third kappa shape index (κ3) is 5.41. The van der Waals surface area contributed by atoms with Gasteiger partial charge in [-0.2, -0.15) is 0 Å². The number of urea groups is 1. The number of nitrogens with zero attached hydrogens (tertiary/aromatic N) is 1. The smallest absolute Gasteiger partial charge is 0.334 e. The SMILES string of the molecule is COC(CNC(=O)NCC(=O)N1CCNCC1)C(=O)O. The maximum Gasteiger partial charge on any atom is 0.334 e. The van der Waals surface area contributed by atoms with Gasteiger partial charge in [-0.05, 0) is 0 Å². The first-order valence-electron chi connectivity index (χ1n) is 6.30. The molecule has 0 saturated carbocycles. The van der Waals surface area contributed by atoms with Gasteiger partial charge in [0.05, 0.1) is 13.1 Å². The Morgan fingerprint density at radius 1 is 1.30 bits per heavy atom. The standard InChI is InChI=1S/C11H20N4O5/c1-20-8(10(17)18)6-13-11(19)14-7-9(16)15-4-2-12-3-5-15/h8,12H,2-7H2,1H3,(H,17,18)(H2,13,14,19). The van der Waals surface area contributed by atoms with Crippen molar-refractivity contribution < 1.29 is 24.2 Å². The highest BCUT2D eigenvalue weighted by Gasteiger charge is 2.19. The summed E-state index contributed by atoms with van der Waals surface area (Å²) in [6, 6.07) is -0.600. The molecule has 4 N–H and O–H groups in total. The van der Waals surface area contributed by atoms with Crippen molar-refractivity contribution in [1.29, 1.82) is 0 Å². The van der Waals surface area contributed by atoms with E-state index in [1.807, 2.05) is 0 Å². The molecule has 0 bridgehead atoms. The van der Waals surface area contributed by atoms with Gasteiger partial charge in [-0.25, -0.2) is 9.59 Å². The highest BCUT2D eigenvalue weighted by Crippen LogP contribution is 1.92. The van der Waals surface area contributed by atoms with Crippen LogP contribution in [-0.4, -0.2) is 80.4 Å². The minimum absolute atomic E-state index is 0.115. The largest absolute Gasteiger partial charge is 0.479 e. The van der Waals surface area contributed by atoms with E-state index in [2.05, 4.69) is 20.7 Å². The minimum atomic E-state index is -1.16. The Balaban J connectivity index is 2.22. The van der Waals surface area contributed by atoms with Crippen molar-refractivity contribution in [1.82, 2.24) is 20.9 Å². The normalized spacial score (nSPS) is 16.4. The van der Waals surface area contributed by atoms with Gasteiger partial charge in [-0.15, -0.1) is 0 Å². The number of hydrogen-bond donors (Lipinski definition) is 4. The van der Waals surface area contributed by atoms with Crippen molar-refractivity contribution in [2.45, 2.75) is 6.10 Å². The monoisotopic (exact) mass is 288 g/mol. The number of carboxylic acid groups (broad SMARTS) is 1. The zero-order valence-electron chi connectivity index (χ0n) is 11.3. The van der Waals surface area contributed by atoms with Gasteiger partial charge in [-0.1, -0.05) is 0 Å². The summed E-state index contributed by atoms with van der Waals surface area (Å²) in [6.07, 6.45) is -1.11. The number of aliphatic carboxylic acids is 1. The maximum absolute atomic E-state index is 11.7.